The molecule has 3 amide bonds. The van der Waals surface area contributed by atoms with Crippen LogP contribution in [0.15, 0.2) is 42.7 Å². The summed E-state index contributed by atoms with van der Waals surface area (Å²) in [4.78, 5) is 40.1. The Morgan fingerprint density at radius 1 is 0.931 bits per heavy atom. The van der Waals surface area contributed by atoms with E-state index in [0.717, 1.165) is 17.7 Å². The molecule has 2 atom stereocenters. The predicted molar refractivity (Wildman–Crippen MR) is 101 cm³/mol. The molecule has 2 rings (SSSR count). The Balaban J connectivity index is 1.79. The lowest BCUT2D eigenvalue weighted by atomic mass is 10.1. The summed E-state index contributed by atoms with van der Waals surface area (Å²) in [7, 11) is 0. The average molecular weight is 404 g/mol. The molecule has 1 aromatic carbocycles. The molecule has 0 fully saturated rings. The summed E-state index contributed by atoms with van der Waals surface area (Å²) in [5.74, 6) is -3.42. The zero-order valence-corrected chi connectivity index (χ0v) is 16.0. The second-order valence-corrected chi connectivity index (χ2v) is 6.56. The largest absolute Gasteiger partial charge is 0.344 e. The van der Waals surface area contributed by atoms with E-state index < -0.39 is 41.4 Å². The first-order chi connectivity index (χ1) is 13.7. The van der Waals surface area contributed by atoms with E-state index in [2.05, 4.69) is 20.9 Å². The van der Waals surface area contributed by atoms with Crippen molar-refractivity contribution in [1.29, 1.82) is 0 Å². The maximum absolute atomic E-state index is 13.2. The monoisotopic (exact) mass is 404 g/mol. The van der Waals surface area contributed by atoms with E-state index in [-0.39, 0.29) is 12.0 Å². The molecule has 0 radical (unpaired) electrons. The first-order valence-electron chi connectivity index (χ1n) is 8.96. The first kappa shape index (κ1) is 22.1. The number of amides is 3. The fourth-order valence-corrected chi connectivity index (χ4v) is 2.46. The summed E-state index contributed by atoms with van der Waals surface area (Å²) in [5.41, 5.74) is 1.07. The van der Waals surface area contributed by atoms with Crippen LogP contribution in [-0.2, 0) is 27.3 Å². The summed E-state index contributed by atoms with van der Waals surface area (Å²) in [5, 5.41) is 7.59. The van der Waals surface area contributed by atoms with Crippen LogP contribution in [0.5, 0.6) is 0 Å². The first-order valence-corrected chi connectivity index (χ1v) is 8.96. The molecule has 0 saturated heterocycles. The molecule has 1 heterocycles. The zero-order valence-electron chi connectivity index (χ0n) is 16.0. The van der Waals surface area contributed by atoms with Crippen LogP contribution in [0.3, 0.4) is 0 Å². The Bertz CT molecular complexity index is 857. The molecule has 0 saturated carbocycles. The fourth-order valence-electron chi connectivity index (χ4n) is 2.46. The summed E-state index contributed by atoms with van der Waals surface area (Å²) in [6, 6.07) is 4.71. The molecule has 3 N–H and O–H groups in total. The van der Waals surface area contributed by atoms with Gasteiger partial charge in [-0.2, -0.15) is 0 Å². The maximum atomic E-state index is 13.2. The molecular weight excluding hydrogens is 382 g/mol. The highest BCUT2D eigenvalue weighted by molar-refractivity contribution is 6.00. The number of halogens is 2. The Labute approximate surface area is 166 Å². The minimum Gasteiger partial charge on any atom is -0.344 e. The van der Waals surface area contributed by atoms with Gasteiger partial charge in [-0.25, -0.2) is 8.78 Å². The molecule has 0 spiro atoms. The molecule has 0 aliphatic heterocycles. The van der Waals surface area contributed by atoms with Crippen molar-refractivity contribution in [3.8, 4) is 0 Å². The Kier molecular flexibility index (Phi) is 7.90. The third kappa shape index (κ3) is 7.38. The van der Waals surface area contributed by atoms with Crippen LogP contribution in [0.2, 0.25) is 0 Å². The standard InChI is InChI=1S/C20H22F2N4O3/c1-12(24-11-14-3-5-23-6-4-14)19(28)26-20(29)13(2)25-18(27)9-15-7-16(21)10-17(22)8-15/h3-8,10,12-13,24H,9,11H2,1-2H3,(H,25,27)(H,26,28,29)/t12-,13-/m0/s1. The van der Waals surface area contributed by atoms with Crippen LogP contribution >= 0.6 is 0 Å². The van der Waals surface area contributed by atoms with Gasteiger partial charge in [0, 0.05) is 25.0 Å². The lowest BCUT2D eigenvalue weighted by Crippen LogP contribution is -2.51. The smallest absolute Gasteiger partial charge is 0.248 e. The van der Waals surface area contributed by atoms with Gasteiger partial charge in [0.1, 0.15) is 17.7 Å². The van der Waals surface area contributed by atoms with Gasteiger partial charge >= 0.3 is 0 Å². The number of aromatic nitrogens is 1. The van der Waals surface area contributed by atoms with Crippen molar-refractivity contribution in [2.75, 3.05) is 0 Å². The number of rotatable bonds is 8. The van der Waals surface area contributed by atoms with E-state index in [9.17, 15) is 23.2 Å². The number of hydrogen-bond acceptors (Lipinski definition) is 5. The maximum Gasteiger partial charge on any atom is 0.248 e. The Morgan fingerprint density at radius 3 is 2.14 bits per heavy atom. The van der Waals surface area contributed by atoms with Crippen LogP contribution in [0, 0.1) is 11.6 Å². The minimum atomic E-state index is -1.00. The van der Waals surface area contributed by atoms with Crippen LogP contribution in [0.25, 0.3) is 0 Å². The molecule has 1 aromatic heterocycles. The highest BCUT2D eigenvalue weighted by atomic mass is 19.1. The third-order valence-corrected chi connectivity index (χ3v) is 4.06. The molecule has 0 bridgehead atoms. The van der Waals surface area contributed by atoms with Crippen molar-refractivity contribution in [2.45, 2.75) is 38.9 Å². The summed E-state index contributed by atoms with van der Waals surface area (Å²) >= 11 is 0. The van der Waals surface area contributed by atoms with Gasteiger partial charge < -0.3 is 10.6 Å². The highest BCUT2D eigenvalue weighted by Gasteiger charge is 2.21. The van der Waals surface area contributed by atoms with Crippen molar-refractivity contribution < 1.29 is 23.2 Å². The van der Waals surface area contributed by atoms with Crippen LogP contribution < -0.4 is 16.0 Å². The molecular formula is C20H22F2N4O3. The van der Waals surface area contributed by atoms with Gasteiger partial charge in [-0.1, -0.05) is 0 Å². The number of hydrogen-bond donors (Lipinski definition) is 3. The van der Waals surface area contributed by atoms with Gasteiger partial charge in [-0.3, -0.25) is 24.7 Å². The number of carbonyl (C=O) groups excluding carboxylic acids is 3. The van der Waals surface area contributed by atoms with Gasteiger partial charge in [0.25, 0.3) is 0 Å². The predicted octanol–water partition coefficient (Wildman–Crippen LogP) is 1.23. The normalized spacial score (nSPS) is 12.7. The van der Waals surface area contributed by atoms with E-state index in [1.165, 1.54) is 6.92 Å². The van der Waals surface area contributed by atoms with Crippen LogP contribution in [0.1, 0.15) is 25.0 Å². The van der Waals surface area contributed by atoms with E-state index in [4.69, 9.17) is 0 Å². The lowest BCUT2D eigenvalue weighted by Gasteiger charge is -2.17. The molecule has 154 valence electrons. The molecule has 0 unspecified atom stereocenters. The lowest BCUT2D eigenvalue weighted by molar-refractivity contribution is -0.134. The Morgan fingerprint density at radius 2 is 1.52 bits per heavy atom. The van der Waals surface area contributed by atoms with Crippen molar-refractivity contribution >= 4 is 17.7 Å². The van der Waals surface area contributed by atoms with Gasteiger partial charge in [0.15, 0.2) is 0 Å². The number of imide groups is 1. The zero-order chi connectivity index (χ0) is 21.4. The summed E-state index contributed by atoms with van der Waals surface area (Å²) in [6.45, 7) is 3.43. The van der Waals surface area contributed by atoms with E-state index in [0.29, 0.717) is 12.6 Å². The molecule has 29 heavy (non-hydrogen) atoms. The number of nitrogens with one attached hydrogen (secondary N) is 3. The topological polar surface area (TPSA) is 100 Å². The molecule has 9 heteroatoms. The second-order valence-electron chi connectivity index (χ2n) is 6.56. The van der Waals surface area contributed by atoms with Crippen LogP contribution in [0.4, 0.5) is 8.78 Å². The second kappa shape index (κ2) is 10.4. The van der Waals surface area contributed by atoms with E-state index in [1.54, 1.807) is 31.5 Å². The van der Waals surface area contributed by atoms with E-state index >= 15 is 0 Å². The highest BCUT2D eigenvalue weighted by Crippen LogP contribution is 2.08. The van der Waals surface area contributed by atoms with Crippen molar-refractivity contribution in [2.24, 2.45) is 0 Å². The SMILES string of the molecule is C[C@H](NCc1ccncc1)C(=O)NC(=O)[C@H](C)NC(=O)Cc1cc(F)cc(F)c1. The summed E-state index contributed by atoms with van der Waals surface area (Å²) in [6.07, 6.45) is 2.96. The number of pyridine rings is 1. The van der Waals surface area contributed by atoms with E-state index in [1.807, 2.05) is 0 Å². The molecule has 0 aliphatic rings. The Hall–Kier alpha value is -3.20. The number of carbonyl (C=O) groups is 3. The average Bonchev–Trinajstić information content (AvgIpc) is 2.65. The van der Waals surface area contributed by atoms with Gasteiger partial charge in [0.05, 0.1) is 12.5 Å². The fraction of sp³-hybridized carbons (Fsp3) is 0.300. The molecule has 7 nitrogen and oxygen atoms in total. The van der Waals surface area contributed by atoms with Crippen molar-refractivity contribution in [3.05, 3.63) is 65.5 Å². The van der Waals surface area contributed by atoms with Crippen LogP contribution in [-0.4, -0.2) is 34.8 Å². The minimum absolute atomic E-state index is 0.137. The van der Waals surface area contributed by atoms with Gasteiger partial charge in [-0.15, -0.1) is 0 Å². The quantitative estimate of drug-likeness (QED) is 0.615. The van der Waals surface area contributed by atoms with Crippen molar-refractivity contribution in [1.82, 2.24) is 20.9 Å². The number of nitrogens with zero attached hydrogens (tertiary/aromatic N) is 1. The summed E-state index contributed by atoms with van der Waals surface area (Å²) < 4.78 is 26.4. The third-order valence-electron chi connectivity index (χ3n) is 4.06. The molecule has 0 aliphatic carbocycles. The van der Waals surface area contributed by atoms with Gasteiger partial charge in [0.2, 0.25) is 17.7 Å². The number of benzene rings is 1. The van der Waals surface area contributed by atoms with Gasteiger partial charge in [-0.05, 0) is 49.2 Å². The van der Waals surface area contributed by atoms with Crippen molar-refractivity contribution in [3.63, 3.8) is 0 Å². The molecule has 2 aromatic rings.